The summed E-state index contributed by atoms with van der Waals surface area (Å²) < 4.78 is 26.0. The summed E-state index contributed by atoms with van der Waals surface area (Å²) in [7, 11) is 0. The van der Waals surface area contributed by atoms with Gasteiger partial charge in [0.2, 0.25) is 0 Å². The Morgan fingerprint density at radius 2 is 2.08 bits per heavy atom. The van der Waals surface area contributed by atoms with Crippen molar-refractivity contribution in [3.63, 3.8) is 0 Å². The van der Waals surface area contributed by atoms with Gasteiger partial charge < -0.3 is 5.32 Å². The number of fused-ring (bicyclic) bond motifs is 1. The van der Waals surface area contributed by atoms with E-state index in [1.165, 1.54) is 6.07 Å². The van der Waals surface area contributed by atoms with Gasteiger partial charge in [0.1, 0.15) is 22.6 Å². The van der Waals surface area contributed by atoms with Crippen molar-refractivity contribution in [3.05, 3.63) is 56.9 Å². The molecule has 0 aliphatic carbocycles. The van der Waals surface area contributed by atoms with Gasteiger partial charge in [-0.05, 0) is 42.7 Å². The normalized spacial score (nSPS) is 12.6. The maximum Gasteiger partial charge on any atom is 0.280 e. The van der Waals surface area contributed by atoms with Crippen LogP contribution in [0.15, 0.2) is 23.2 Å². The third-order valence-electron chi connectivity index (χ3n) is 4.31. The molecular formula is C18H13ClF2N4O. The molecule has 0 bridgehead atoms. The Balaban J connectivity index is 1.92. The Labute approximate surface area is 153 Å². The molecule has 0 radical (unpaired) electrons. The summed E-state index contributed by atoms with van der Waals surface area (Å²) in [6, 6.07) is 6.70. The number of hydrogen-bond acceptors (Lipinski definition) is 4. The number of amides is 1. The Hall–Kier alpha value is -2.85. The first kappa shape index (κ1) is 18.0. The highest BCUT2D eigenvalue weighted by molar-refractivity contribution is 6.31. The largest absolute Gasteiger partial charge is 0.321 e. The smallest absolute Gasteiger partial charge is 0.280 e. The third kappa shape index (κ3) is 3.04. The van der Waals surface area contributed by atoms with Crippen molar-refractivity contribution in [2.24, 2.45) is 4.99 Å². The molecule has 0 saturated heterocycles. The van der Waals surface area contributed by atoms with Crippen molar-refractivity contribution < 1.29 is 13.6 Å². The van der Waals surface area contributed by atoms with Gasteiger partial charge in [0, 0.05) is 11.3 Å². The van der Waals surface area contributed by atoms with Crippen LogP contribution in [-0.2, 0) is 6.54 Å². The number of carbonyl (C=O) groups is 1. The second-order valence-electron chi connectivity index (χ2n) is 5.82. The van der Waals surface area contributed by atoms with Gasteiger partial charge in [0.25, 0.3) is 12.3 Å². The second kappa shape index (κ2) is 6.81. The quantitative estimate of drug-likeness (QED) is 0.823. The predicted octanol–water partition coefficient (Wildman–Crippen LogP) is 4.04. The lowest BCUT2D eigenvalue weighted by Crippen LogP contribution is -2.17. The highest BCUT2D eigenvalue weighted by atomic mass is 35.5. The standard InChI is InChI=1S/C18H13ClF2N4O/c1-8-9(2)14(25-16(19)13(8)6-22)18(26)24-11-4-3-10-7-23-15(17(20)21)12(10)5-11/h3-5,17H,7H2,1-2H3,(H,24,26). The number of nitriles is 1. The molecule has 0 saturated carbocycles. The number of hydrogen-bond donors (Lipinski definition) is 1. The van der Waals surface area contributed by atoms with E-state index in [0.29, 0.717) is 27.9 Å². The molecule has 0 spiro atoms. The monoisotopic (exact) mass is 374 g/mol. The fourth-order valence-electron chi connectivity index (χ4n) is 2.77. The van der Waals surface area contributed by atoms with Gasteiger partial charge in [-0.2, -0.15) is 5.26 Å². The van der Waals surface area contributed by atoms with E-state index in [1.807, 2.05) is 6.07 Å². The van der Waals surface area contributed by atoms with Crippen LogP contribution in [0.5, 0.6) is 0 Å². The number of rotatable bonds is 3. The van der Waals surface area contributed by atoms with Crippen molar-refractivity contribution in [1.29, 1.82) is 5.26 Å². The van der Waals surface area contributed by atoms with E-state index in [0.717, 1.165) is 0 Å². The zero-order valence-corrected chi connectivity index (χ0v) is 14.7. The minimum atomic E-state index is -2.67. The minimum absolute atomic E-state index is 0.0539. The van der Waals surface area contributed by atoms with Crippen molar-refractivity contribution in [3.8, 4) is 6.07 Å². The maximum absolute atomic E-state index is 13.0. The van der Waals surface area contributed by atoms with Gasteiger partial charge in [0.15, 0.2) is 0 Å². The van der Waals surface area contributed by atoms with Crippen LogP contribution >= 0.6 is 11.6 Å². The molecule has 1 aromatic heterocycles. The van der Waals surface area contributed by atoms with E-state index >= 15 is 0 Å². The fourth-order valence-corrected chi connectivity index (χ4v) is 3.04. The van der Waals surface area contributed by atoms with Gasteiger partial charge in [0.05, 0.1) is 12.1 Å². The summed E-state index contributed by atoms with van der Waals surface area (Å²) in [6.07, 6.45) is -2.67. The molecule has 2 heterocycles. The SMILES string of the molecule is Cc1c(C(=O)Nc2ccc3c(c2)C(C(F)F)=NC3)nc(Cl)c(C#N)c1C. The number of nitrogens with zero attached hydrogens (tertiary/aromatic N) is 3. The molecule has 2 aromatic rings. The number of carbonyl (C=O) groups excluding carboxylic acids is 1. The Morgan fingerprint density at radius 1 is 1.35 bits per heavy atom. The van der Waals surface area contributed by atoms with E-state index in [4.69, 9.17) is 16.9 Å². The average molecular weight is 375 g/mol. The fraction of sp³-hybridized carbons (Fsp3) is 0.222. The lowest BCUT2D eigenvalue weighted by Gasteiger charge is -2.12. The van der Waals surface area contributed by atoms with Crippen LogP contribution in [0.3, 0.4) is 0 Å². The van der Waals surface area contributed by atoms with E-state index < -0.39 is 12.3 Å². The molecule has 0 atom stereocenters. The van der Waals surface area contributed by atoms with Crippen LogP contribution in [0.4, 0.5) is 14.5 Å². The second-order valence-corrected chi connectivity index (χ2v) is 6.17. The van der Waals surface area contributed by atoms with Gasteiger partial charge in [-0.3, -0.25) is 9.79 Å². The molecular weight excluding hydrogens is 362 g/mol. The number of pyridine rings is 1. The summed E-state index contributed by atoms with van der Waals surface area (Å²) >= 11 is 5.97. The molecule has 1 amide bonds. The number of aromatic nitrogens is 1. The van der Waals surface area contributed by atoms with Gasteiger partial charge >= 0.3 is 0 Å². The molecule has 1 aromatic carbocycles. The van der Waals surface area contributed by atoms with Crippen LogP contribution in [0, 0.1) is 25.2 Å². The molecule has 0 unspecified atom stereocenters. The van der Waals surface area contributed by atoms with E-state index in [-0.39, 0.29) is 28.7 Å². The summed E-state index contributed by atoms with van der Waals surface area (Å²) in [5.41, 5.74) is 2.48. The third-order valence-corrected chi connectivity index (χ3v) is 4.58. The molecule has 26 heavy (non-hydrogen) atoms. The molecule has 1 aliphatic rings. The summed E-state index contributed by atoms with van der Waals surface area (Å²) in [4.78, 5) is 20.4. The average Bonchev–Trinajstić information content (AvgIpc) is 3.02. The molecule has 132 valence electrons. The van der Waals surface area contributed by atoms with Gasteiger partial charge in [-0.15, -0.1) is 0 Å². The summed E-state index contributed by atoms with van der Waals surface area (Å²) in [5, 5.41) is 11.7. The predicted molar refractivity (Wildman–Crippen MR) is 94.1 cm³/mol. The highest BCUT2D eigenvalue weighted by Gasteiger charge is 2.24. The lowest BCUT2D eigenvalue weighted by molar-refractivity contribution is 0.102. The molecule has 1 N–H and O–H groups in total. The Bertz CT molecular complexity index is 996. The number of halogens is 3. The zero-order chi connectivity index (χ0) is 19.0. The van der Waals surface area contributed by atoms with Crippen LogP contribution in [0.2, 0.25) is 5.15 Å². The van der Waals surface area contributed by atoms with Crippen molar-refractivity contribution in [2.45, 2.75) is 26.8 Å². The molecule has 1 aliphatic heterocycles. The number of nitrogens with one attached hydrogen (secondary N) is 1. The number of anilines is 1. The first-order valence-electron chi connectivity index (χ1n) is 7.67. The molecule has 5 nitrogen and oxygen atoms in total. The van der Waals surface area contributed by atoms with Gasteiger partial charge in [-0.1, -0.05) is 17.7 Å². The maximum atomic E-state index is 13.0. The molecule has 8 heteroatoms. The van der Waals surface area contributed by atoms with Crippen LogP contribution in [-0.4, -0.2) is 23.0 Å². The number of benzene rings is 1. The zero-order valence-electron chi connectivity index (χ0n) is 13.9. The lowest BCUT2D eigenvalue weighted by atomic mass is 10.0. The van der Waals surface area contributed by atoms with Crippen LogP contribution in [0.25, 0.3) is 0 Å². The van der Waals surface area contributed by atoms with E-state index in [2.05, 4.69) is 15.3 Å². The van der Waals surface area contributed by atoms with Crippen molar-refractivity contribution in [1.82, 2.24) is 4.98 Å². The first-order chi connectivity index (χ1) is 12.3. The summed E-state index contributed by atoms with van der Waals surface area (Å²) in [6.45, 7) is 3.55. The Morgan fingerprint density at radius 3 is 2.73 bits per heavy atom. The highest BCUT2D eigenvalue weighted by Crippen LogP contribution is 2.27. The minimum Gasteiger partial charge on any atom is -0.321 e. The van der Waals surface area contributed by atoms with Crippen molar-refractivity contribution in [2.75, 3.05) is 5.32 Å². The van der Waals surface area contributed by atoms with E-state index in [9.17, 15) is 13.6 Å². The Kier molecular flexibility index (Phi) is 4.70. The van der Waals surface area contributed by atoms with Crippen molar-refractivity contribution >= 4 is 28.9 Å². The van der Waals surface area contributed by atoms with E-state index in [1.54, 1.807) is 26.0 Å². The topological polar surface area (TPSA) is 78.1 Å². The van der Waals surface area contributed by atoms with Gasteiger partial charge in [-0.25, -0.2) is 13.8 Å². The number of aliphatic imine (C=N–C) groups is 1. The first-order valence-corrected chi connectivity index (χ1v) is 8.05. The number of alkyl halides is 2. The molecule has 3 rings (SSSR count). The van der Waals surface area contributed by atoms with Crippen LogP contribution < -0.4 is 5.32 Å². The molecule has 0 fully saturated rings. The van der Waals surface area contributed by atoms with Crippen LogP contribution in [0.1, 0.15) is 38.3 Å². The summed E-state index contributed by atoms with van der Waals surface area (Å²) in [5.74, 6) is -0.537.